The van der Waals surface area contributed by atoms with Gasteiger partial charge in [-0.15, -0.1) is 0 Å². The van der Waals surface area contributed by atoms with E-state index in [9.17, 15) is 14.7 Å². The van der Waals surface area contributed by atoms with Crippen molar-refractivity contribution in [2.45, 2.75) is 18.3 Å². The van der Waals surface area contributed by atoms with Gasteiger partial charge in [-0.2, -0.15) is 0 Å². The van der Waals surface area contributed by atoms with E-state index in [-0.39, 0.29) is 25.8 Å². The molecular weight excluding hydrogens is 293 g/mol. The Morgan fingerprint density at radius 2 is 2.09 bits per heavy atom. The predicted octanol–water partition coefficient (Wildman–Crippen LogP) is -2.28. The summed E-state index contributed by atoms with van der Waals surface area (Å²) in [5.41, 5.74) is 9.67. The van der Waals surface area contributed by atoms with E-state index in [2.05, 4.69) is 11.9 Å². The number of hydrogen-bond donors (Lipinski definition) is 7. The number of nitrogens with one attached hydrogen (secondary N) is 2. The number of nitrogens with zero attached hydrogens (tertiary/aromatic N) is 1. The number of carbonyl (C=O) groups is 2. The lowest BCUT2D eigenvalue weighted by Gasteiger charge is -2.26. The summed E-state index contributed by atoms with van der Waals surface area (Å²) >= 11 is 0. The van der Waals surface area contributed by atoms with E-state index in [1.54, 1.807) is 0 Å². The molecule has 1 aliphatic heterocycles. The van der Waals surface area contributed by atoms with Crippen molar-refractivity contribution in [1.29, 1.82) is 5.41 Å². The van der Waals surface area contributed by atoms with Gasteiger partial charge in [0, 0.05) is 12.5 Å². The van der Waals surface area contributed by atoms with Crippen LogP contribution in [-0.4, -0.2) is 63.8 Å². The molecule has 1 heterocycles. The molecule has 2 amide bonds. The zero-order chi connectivity index (χ0) is 17.1. The molecule has 122 valence electrons. The van der Waals surface area contributed by atoms with Crippen molar-refractivity contribution in [3.8, 4) is 0 Å². The second-order valence-corrected chi connectivity index (χ2v) is 5.30. The number of carboxylic acids is 1. The summed E-state index contributed by atoms with van der Waals surface area (Å²) in [6.07, 6.45) is 0.154. The van der Waals surface area contributed by atoms with Gasteiger partial charge < -0.3 is 31.5 Å². The maximum atomic E-state index is 11.8. The maximum absolute atomic E-state index is 11.8. The Labute approximate surface area is 127 Å². The molecule has 2 atom stereocenters. The van der Waals surface area contributed by atoms with Gasteiger partial charge in [0.2, 0.25) is 0 Å². The summed E-state index contributed by atoms with van der Waals surface area (Å²) in [6, 6.07) is -0.721. The fourth-order valence-corrected chi connectivity index (χ4v) is 2.42. The standard InChI is InChI=1S/C11H20BN5O5/c1-6(2-3-12(21)22)7-4-17(10(20)16-9(13)14)5-11(7,15)8(18)19/h7,21-22H,1-5,15H2,(H,18,19)(H4,13,14,16,20)/t7-,11+/m1/s1. The SMILES string of the molecule is C=C(CCB(O)O)[C@H]1CN(C(=O)NC(=N)N)C[C@@]1(N)C(=O)O. The number of rotatable bonds is 5. The van der Waals surface area contributed by atoms with Crippen molar-refractivity contribution in [3.63, 3.8) is 0 Å². The third-order valence-electron chi connectivity index (χ3n) is 3.62. The molecule has 0 radical (unpaired) electrons. The third kappa shape index (κ3) is 3.96. The van der Waals surface area contributed by atoms with Crippen molar-refractivity contribution < 1.29 is 24.7 Å². The van der Waals surface area contributed by atoms with Crippen LogP contribution in [0.5, 0.6) is 0 Å². The molecule has 1 saturated heterocycles. The second kappa shape index (κ2) is 6.77. The molecule has 0 spiro atoms. The summed E-state index contributed by atoms with van der Waals surface area (Å²) < 4.78 is 0. The van der Waals surface area contributed by atoms with E-state index in [1.807, 2.05) is 0 Å². The van der Waals surface area contributed by atoms with Crippen LogP contribution < -0.4 is 16.8 Å². The average molecular weight is 313 g/mol. The fraction of sp³-hybridized carbons (Fsp3) is 0.545. The van der Waals surface area contributed by atoms with E-state index in [4.69, 9.17) is 26.9 Å². The monoisotopic (exact) mass is 313 g/mol. The van der Waals surface area contributed by atoms with Crippen molar-refractivity contribution >= 4 is 25.1 Å². The summed E-state index contributed by atoms with van der Waals surface area (Å²) in [4.78, 5) is 24.5. The van der Waals surface area contributed by atoms with E-state index >= 15 is 0 Å². The van der Waals surface area contributed by atoms with Gasteiger partial charge >= 0.3 is 19.1 Å². The van der Waals surface area contributed by atoms with Crippen molar-refractivity contribution in [2.24, 2.45) is 17.4 Å². The molecule has 0 unspecified atom stereocenters. The van der Waals surface area contributed by atoms with E-state index in [1.165, 1.54) is 0 Å². The molecule has 1 fully saturated rings. The van der Waals surface area contributed by atoms with Crippen molar-refractivity contribution in [1.82, 2.24) is 10.2 Å². The molecule has 22 heavy (non-hydrogen) atoms. The quantitative estimate of drug-likeness (QED) is 0.129. The lowest BCUT2D eigenvalue weighted by Crippen LogP contribution is -2.56. The van der Waals surface area contributed by atoms with Crippen molar-refractivity contribution in [3.05, 3.63) is 12.2 Å². The summed E-state index contributed by atoms with van der Waals surface area (Å²) in [5.74, 6) is -2.60. The first kappa shape index (κ1) is 17.9. The Bertz CT molecular complexity index is 499. The Morgan fingerprint density at radius 1 is 1.50 bits per heavy atom. The minimum Gasteiger partial charge on any atom is -0.480 e. The van der Waals surface area contributed by atoms with Gasteiger partial charge in [0.25, 0.3) is 0 Å². The minimum atomic E-state index is -1.73. The van der Waals surface area contributed by atoms with Crippen LogP contribution >= 0.6 is 0 Å². The smallest absolute Gasteiger partial charge is 0.451 e. The number of likely N-dealkylation sites (tertiary alicyclic amines) is 1. The Morgan fingerprint density at radius 3 is 2.55 bits per heavy atom. The van der Waals surface area contributed by atoms with Gasteiger partial charge in [0.05, 0.1) is 6.54 Å². The topological polar surface area (TPSA) is 186 Å². The third-order valence-corrected chi connectivity index (χ3v) is 3.62. The molecule has 1 aliphatic rings. The number of guanidine groups is 1. The first-order chi connectivity index (χ1) is 10.1. The highest BCUT2D eigenvalue weighted by molar-refractivity contribution is 6.41. The van der Waals surface area contributed by atoms with Crippen LogP contribution in [-0.2, 0) is 4.79 Å². The first-order valence-corrected chi connectivity index (χ1v) is 6.54. The van der Waals surface area contributed by atoms with Gasteiger partial charge in [0.15, 0.2) is 5.96 Å². The fourth-order valence-electron chi connectivity index (χ4n) is 2.42. The van der Waals surface area contributed by atoms with Gasteiger partial charge in [0.1, 0.15) is 5.54 Å². The van der Waals surface area contributed by atoms with Gasteiger partial charge in [-0.1, -0.05) is 12.2 Å². The predicted molar refractivity (Wildman–Crippen MR) is 78.8 cm³/mol. The molecule has 0 aromatic carbocycles. The van der Waals surface area contributed by atoms with Crippen LogP contribution in [0.1, 0.15) is 6.42 Å². The van der Waals surface area contributed by atoms with Gasteiger partial charge in [-0.25, -0.2) is 4.79 Å². The number of nitrogens with two attached hydrogens (primary N) is 2. The van der Waals surface area contributed by atoms with Crippen LogP contribution in [0.25, 0.3) is 0 Å². The molecule has 9 N–H and O–H groups in total. The van der Waals surface area contributed by atoms with Crippen LogP contribution in [0.3, 0.4) is 0 Å². The number of carbonyl (C=O) groups excluding carboxylic acids is 1. The highest BCUT2D eigenvalue weighted by Gasteiger charge is 2.51. The van der Waals surface area contributed by atoms with E-state index < -0.39 is 36.5 Å². The molecule has 0 bridgehead atoms. The summed E-state index contributed by atoms with van der Waals surface area (Å²) in [5, 5.41) is 36.2. The highest BCUT2D eigenvalue weighted by atomic mass is 16.4. The van der Waals surface area contributed by atoms with Crippen molar-refractivity contribution in [2.75, 3.05) is 13.1 Å². The highest BCUT2D eigenvalue weighted by Crippen LogP contribution is 2.33. The van der Waals surface area contributed by atoms with Gasteiger partial charge in [-0.3, -0.25) is 15.5 Å². The van der Waals surface area contributed by atoms with Gasteiger partial charge in [-0.05, 0) is 12.7 Å². The Kier molecular flexibility index (Phi) is 5.52. The molecule has 0 aliphatic carbocycles. The van der Waals surface area contributed by atoms with Crippen LogP contribution in [0.15, 0.2) is 12.2 Å². The normalized spacial score (nSPS) is 24.0. The number of carboxylic acid groups (broad SMARTS) is 1. The van der Waals surface area contributed by atoms with E-state index in [0.29, 0.717) is 5.57 Å². The molecule has 1 rings (SSSR count). The zero-order valence-corrected chi connectivity index (χ0v) is 12.0. The number of aliphatic carboxylic acids is 1. The lowest BCUT2D eigenvalue weighted by molar-refractivity contribution is -0.143. The molecule has 11 heteroatoms. The molecule has 0 aromatic rings. The molecular formula is C11H20BN5O5. The molecule has 0 aromatic heterocycles. The minimum absolute atomic E-state index is 0.00925. The zero-order valence-electron chi connectivity index (χ0n) is 12.0. The number of hydrogen-bond acceptors (Lipinski definition) is 6. The second-order valence-electron chi connectivity index (χ2n) is 5.30. The molecule has 10 nitrogen and oxygen atoms in total. The summed E-state index contributed by atoms with van der Waals surface area (Å²) in [6.45, 7) is 3.47. The number of urea groups is 1. The maximum Gasteiger partial charge on any atom is 0.451 e. The first-order valence-electron chi connectivity index (χ1n) is 6.54. The van der Waals surface area contributed by atoms with Crippen LogP contribution in [0.2, 0.25) is 6.32 Å². The Hall–Kier alpha value is -2.11. The van der Waals surface area contributed by atoms with E-state index in [0.717, 1.165) is 4.90 Å². The average Bonchev–Trinajstić information content (AvgIpc) is 2.75. The number of amides is 2. The lowest BCUT2D eigenvalue weighted by atomic mass is 9.76. The Balaban J connectivity index is 2.89. The summed E-state index contributed by atoms with van der Waals surface area (Å²) in [7, 11) is -1.53. The molecule has 0 saturated carbocycles. The largest absolute Gasteiger partial charge is 0.480 e. The van der Waals surface area contributed by atoms with Crippen LogP contribution in [0, 0.1) is 11.3 Å². The van der Waals surface area contributed by atoms with Crippen LogP contribution in [0.4, 0.5) is 4.79 Å².